The molecule has 0 saturated carbocycles. The topological polar surface area (TPSA) is 3.24 Å². The lowest BCUT2D eigenvalue weighted by Gasteiger charge is -2.31. The van der Waals surface area contributed by atoms with Gasteiger partial charge in [0.2, 0.25) is 0 Å². The molecule has 0 amide bonds. The fraction of sp³-hybridized carbons (Fsp3) is 0.184. The van der Waals surface area contributed by atoms with E-state index in [1.54, 1.807) is 0 Å². The van der Waals surface area contributed by atoms with E-state index < -0.39 is 0 Å². The van der Waals surface area contributed by atoms with E-state index in [1.807, 2.05) is 0 Å². The van der Waals surface area contributed by atoms with Gasteiger partial charge in [-0.05, 0) is 102 Å². The van der Waals surface area contributed by atoms with Crippen LogP contribution in [0.3, 0.4) is 0 Å². The van der Waals surface area contributed by atoms with Gasteiger partial charge < -0.3 is 4.90 Å². The van der Waals surface area contributed by atoms with Crippen LogP contribution in [0.1, 0.15) is 74.9 Å². The molecule has 0 aliphatic heterocycles. The molecule has 3 aliphatic carbocycles. The molecule has 50 heavy (non-hydrogen) atoms. The first kappa shape index (κ1) is 29.5. The maximum atomic E-state index is 2.53. The number of anilines is 3. The van der Waals surface area contributed by atoms with E-state index >= 15 is 0 Å². The normalized spacial score (nSPS) is 16.3. The average Bonchev–Trinajstić information content (AvgIpc) is 3.61. The molecule has 242 valence electrons. The Morgan fingerprint density at radius 1 is 0.340 bits per heavy atom. The summed E-state index contributed by atoms with van der Waals surface area (Å²) < 4.78 is 0. The molecule has 0 N–H and O–H groups in total. The van der Waals surface area contributed by atoms with Crippen molar-refractivity contribution in [2.24, 2.45) is 0 Å². The van der Waals surface area contributed by atoms with E-state index in [-0.39, 0.29) is 16.2 Å². The van der Waals surface area contributed by atoms with E-state index in [1.165, 1.54) is 94.6 Å². The third-order valence-corrected chi connectivity index (χ3v) is 12.5. The number of nitrogens with zero attached hydrogens (tertiary/aromatic N) is 1. The van der Waals surface area contributed by atoms with Crippen LogP contribution in [-0.4, -0.2) is 0 Å². The zero-order valence-corrected chi connectivity index (χ0v) is 29.7. The Morgan fingerprint density at radius 3 is 1.36 bits per heavy atom. The molecule has 7 aromatic rings. The third kappa shape index (κ3) is 3.73. The zero-order valence-electron chi connectivity index (χ0n) is 29.7. The van der Waals surface area contributed by atoms with Crippen molar-refractivity contribution >= 4 is 27.8 Å². The molecule has 0 radical (unpaired) electrons. The second kappa shape index (κ2) is 9.86. The summed E-state index contributed by atoms with van der Waals surface area (Å²) in [5, 5.41) is 2.58. The van der Waals surface area contributed by atoms with Crippen LogP contribution in [0.25, 0.3) is 44.2 Å². The molecule has 7 aromatic carbocycles. The van der Waals surface area contributed by atoms with Crippen molar-refractivity contribution in [2.75, 3.05) is 4.90 Å². The number of benzene rings is 7. The molecule has 0 aromatic heterocycles. The van der Waals surface area contributed by atoms with Crippen molar-refractivity contribution in [1.82, 2.24) is 0 Å². The summed E-state index contributed by atoms with van der Waals surface area (Å²) in [5.74, 6) is 0. The quantitative estimate of drug-likeness (QED) is 0.185. The van der Waals surface area contributed by atoms with Crippen LogP contribution in [0.4, 0.5) is 17.1 Å². The van der Waals surface area contributed by atoms with Gasteiger partial charge in [-0.25, -0.2) is 0 Å². The van der Waals surface area contributed by atoms with Crippen molar-refractivity contribution in [3.8, 4) is 33.4 Å². The summed E-state index contributed by atoms with van der Waals surface area (Å²) in [6, 6.07) is 52.9. The van der Waals surface area contributed by atoms with Crippen LogP contribution in [0.2, 0.25) is 0 Å². The molecule has 3 aliphatic rings. The molecule has 10 rings (SSSR count). The molecule has 0 saturated heterocycles. The van der Waals surface area contributed by atoms with Gasteiger partial charge in [-0.15, -0.1) is 0 Å². The molecule has 1 nitrogen and oxygen atoms in total. The molecule has 0 fully saturated rings. The SMILES string of the molecule is CC1(C)c2ccccc2-c2ccc(N(c3ccc4c(c3)C(C)(C)c3ccccc3-4)c3cccc4c5c(ccc34)C(C)(C)c3ccccc3-5)cc21. The van der Waals surface area contributed by atoms with Crippen LogP contribution in [-0.2, 0) is 16.2 Å². The summed E-state index contributed by atoms with van der Waals surface area (Å²) in [6.45, 7) is 14.2. The molecular weight excluding hydrogens is 603 g/mol. The molecular formula is C49H41N. The fourth-order valence-electron chi connectivity index (χ4n) is 9.83. The largest absolute Gasteiger partial charge is 0.310 e. The Labute approximate surface area is 295 Å². The second-order valence-corrected chi connectivity index (χ2v) is 16.2. The van der Waals surface area contributed by atoms with Crippen LogP contribution >= 0.6 is 0 Å². The highest BCUT2D eigenvalue weighted by Gasteiger charge is 2.39. The van der Waals surface area contributed by atoms with Crippen molar-refractivity contribution in [3.05, 3.63) is 173 Å². The van der Waals surface area contributed by atoms with Gasteiger partial charge in [0.15, 0.2) is 0 Å². The third-order valence-electron chi connectivity index (χ3n) is 12.5. The van der Waals surface area contributed by atoms with Crippen molar-refractivity contribution in [1.29, 1.82) is 0 Å². The highest BCUT2D eigenvalue weighted by atomic mass is 15.1. The van der Waals surface area contributed by atoms with Gasteiger partial charge in [-0.2, -0.15) is 0 Å². The molecule has 0 unspecified atom stereocenters. The average molecular weight is 644 g/mol. The van der Waals surface area contributed by atoms with Gasteiger partial charge in [0, 0.05) is 33.0 Å². The Morgan fingerprint density at radius 2 is 0.800 bits per heavy atom. The Balaban J connectivity index is 1.24. The van der Waals surface area contributed by atoms with Crippen LogP contribution < -0.4 is 4.90 Å². The van der Waals surface area contributed by atoms with E-state index in [2.05, 4.69) is 186 Å². The molecule has 0 bridgehead atoms. The summed E-state index contributed by atoms with van der Waals surface area (Å²) in [7, 11) is 0. The lowest BCUT2D eigenvalue weighted by molar-refractivity contribution is 0.660. The maximum Gasteiger partial charge on any atom is 0.0540 e. The number of fused-ring (bicyclic) bond motifs is 11. The first-order chi connectivity index (χ1) is 24.1. The van der Waals surface area contributed by atoms with Crippen LogP contribution in [0, 0.1) is 0 Å². The minimum atomic E-state index is -0.0932. The summed E-state index contributed by atoms with van der Waals surface area (Å²) >= 11 is 0. The molecule has 0 heterocycles. The number of hydrogen-bond donors (Lipinski definition) is 0. The van der Waals surface area contributed by atoms with E-state index in [0.29, 0.717) is 0 Å². The second-order valence-electron chi connectivity index (χ2n) is 16.2. The maximum absolute atomic E-state index is 2.53. The van der Waals surface area contributed by atoms with Crippen molar-refractivity contribution in [3.63, 3.8) is 0 Å². The first-order valence-electron chi connectivity index (χ1n) is 18.0. The van der Waals surface area contributed by atoms with Gasteiger partial charge in [-0.3, -0.25) is 0 Å². The number of hydrogen-bond acceptors (Lipinski definition) is 1. The molecule has 0 spiro atoms. The summed E-state index contributed by atoms with van der Waals surface area (Å²) in [4.78, 5) is 2.53. The standard InChI is InChI=1S/C49H41N/c1-47(2)41-20-12-9-16-38(41)46-37-17-13-21-45(36(37)26-27-42(46)47)50(30-22-24-34-32-14-7-10-18-39(32)48(3,4)43(34)28-30)31-23-25-35-33-15-8-11-19-40(33)49(5,6)44(35)29-31/h7-29H,1-6H3. The van der Waals surface area contributed by atoms with Gasteiger partial charge in [0.05, 0.1) is 5.69 Å². The Bertz CT molecular complexity index is 2470. The predicted octanol–water partition coefficient (Wildman–Crippen LogP) is 13.2. The highest BCUT2D eigenvalue weighted by molar-refractivity contribution is 6.09. The highest BCUT2D eigenvalue weighted by Crippen LogP contribution is 2.55. The van der Waals surface area contributed by atoms with Gasteiger partial charge >= 0.3 is 0 Å². The number of rotatable bonds is 3. The Hall–Kier alpha value is -5.40. The van der Waals surface area contributed by atoms with Crippen LogP contribution in [0.5, 0.6) is 0 Å². The minimum Gasteiger partial charge on any atom is -0.310 e. The van der Waals surface area contributed by atoms with Gasteiger partial charge in [0.1, 0.15) is 0 Å². The minimum absolute atomic E-state index is 0.0447. The fourth-order valence-corrected chi connectivity index (χ4v) is 9.83. The van der Waals surface area contributed by atoms with Gasteiger partial charge in [-0.1, -0.05) is 151 Å². The van der Waals surface area contributed by atoms with Crippen molar-refractivity contribution in [2.45, 2.75) is 57.8 Å². The van der Waals surface area contributed by atoms with Gasteiger partial charge in [0.25, 0.3) is 0 Å². The van der Waals surface area contributed by atoms with E-state index in [0.717, 1.165) is 0 Å². The summed E-state index contributed by atoms with van der Waals surface area (Å²) in [5.41, 5.74) is 19.8. The predicted molar refractivity (Wildman–Crippen MR) is 211 cm³/mol. The lowest BCUT2D eigenvalue weighted by Crippen LogP contribution is -2.18. The Kier molecular flexibility index (Phi) is 5.82. The zero-order chi connectivity index (χ0) is 34.2. The van der Waals surface area contributed by atoms with E-state index in [4.69, 9.17) is 0 Å². The molecule has 1 heteroatoms. The smallest absolute Gasteiger partial charge is 0.0540 e. The first-order valence-corrected chi connectivity index (χ1v) is 18.0. The monoisotopic (exact) mass is 643 g/mol. The van der Waals surface area contributed by atoms with Crippen molar-refractivity contribution < 1.29 is 0 Å². The lowest BCUT2D eigenvalue weighted by atomic mass is 9.81. The summed E-state index contributed by atoms with van der Waals surface area (Å²) in [6.07, 6.45) is 0. The molecule has 0 atom stereocenters. The van der Waals surface area contributed by atoms with Crippen LogP contribution in [0.15, 0.2) is 140 Å². The van der Waals surface area contributed by atoms with E-state index in [9.17, 15) is 0 Å².